The summed E-state index contributed by atoms with van der Waals surface area (Å²) in [4.78, 5) is 28.4. The maximum Gasteiger partial charge on any atom is 0.242 e. The molecule has 6 heteroatoms. The first-order chi connectivity index (χ1) is 12.9. The number of rotatable bonds is 6. The van der Waals surface area contributed by atoms with Crippen molar-refractivity contribution < 1.29 is 9.59 Å². The summed E-state index contributed by atoms with van der Waals surface area (Å²) in [5, 5.41) is 4.42. The molecule has 0 unspecified atom stereocenters. The van der Waals surface area contributed by atoms with Crippen LogP contribution in [0.2, 0.25) is 0 Å². The van der Waals surface area contributed by atoms with Crippen LogP contribution in [-0.4, -0.2) is 51.0 Å². The van der Waals surface area contributed by atoms with E-state index in [4.69, 9.17) is 0 Å². The summed E-state index contributed by atoms with van der Waals surface area (Å²) in [6.07, 6.45) is 1.18. The van der Waals surface area contributed by atoms with Crippen molar-refractivity contribution in [3.8, 4) is 0 Å². The lowest BCUT2D eigenvalue weighted by molar-refractivity contribution is -0.145. The smallest absolute Gasteiger partial charge is 0.242 e. The molecule has 0 radical (unpaired) electrons. The van der Waals surface area contributed by atoms with E-state index in [-0.39, 0.29) is 18.4 Å². The van der Waals surface area contributed by atoms with Crippen molar-refractivity contribution in [3.63, 3.8) is 0 Å². The second-order valence-electron chi connectivity index (χ2n) is 7.37. The van der Waals surface area contributed by atoms with Crippen molar-refractivity contribution in [2.45, 2.75) is 46.7 Å². The third kappa shape index (κ3) is 4.96. The fourth-order valence-corrected chi connectivity index (χ4v) is 3.44. The normalized spacial score (nSPS) is 14.7. The minimum atomic E-state index is 0.0220. The number of benzene rings is 1. The zero-order chi connectivity index (χ0) is 19.4. The van der Waals surface area contributed by atoms with E-state index < -0.39 is 0 Å². The first-order valence-corrected chi connectivity index (χ1v) is 9.54. The van der Waals surface area contributed by atoms with Gasteiger partial charge in [-0.05, 0) is 38.8 Å². The van der Waals surface area contributed by atoms with Gasteiger partial charge in [-0.25, -0.2) is 0 Å². The molecule has 2 heterocycles. The average molecular weight is 368 g/mol. The second kappa shape index (κ2) is 8.37. The minimum absolute atomic E-state index is 0.0220. The van der Waals surface area contributed by atoms with Crippen LogP contribution in [0.15, 0.2) is 30.3 Å². The van der Waals surface area contributed by atoms with E-state index in [1.807, 2.05) is 36.4 Å². The summed E-state index contributed by atoms with van der Waals surface area (Å²) in [6, 6.07) is 10.3. The van der Waals surface area contributed by atoms with Crippen LogP contribution in [0.4, 0.5) is 0 Å². The number of carbonyl (C=O) groups is 2. The Morgan fingerprint density at radius 3 is 2.48 bits per heavy atom. The van der Waals surface area contributed by atoms with Gasteiger partial charge < -0.3 is 9.80 Å². The lowest BCUT2D eigenvalue weighted by Crippen LogP contribution is -2.51. The topological polar surface area (TPSA) is 58.4 Å². The van der Waals surface area contributed by atoms with E-state index in [9.17, 15) is 9.59 Å². The predicted molar refractivity (Wildman–Crippen MR) is 104 cm³/mol. The quantitative estimate of drug-likeness (QED) is 0.787. The number of hydrogen-bond acceptors (Lipinski definition) is 3. The zero-order valence-corrected chi connectivity index (χ0v) is 16.4. The summed E-state index contributed by atoms with van der Waals surface area (Å²) in [5.74, 6) is 0.0774. The molecule has 0 bridgehead atoms. The molecule has 1 saturated heterocycles. The van der Waals surface area contributed by atoms with Crippen molar-refractivity contribution in [1.82, 2.24) is 19.6 Å². The molecular formula is C21H28N4O2. The lowest BCUT2D eigenvalue weighted by atomic mass is 10.1. The molecule has 0 N–H and O–H groups in total. The van der Waals surface area contributed by atoms with Crippen LogP contribution in [0.1, 0.15) is 35.4 Å². The third-order valence-electron chi connectivity index (χ3n) is 5.03. The Bertz CT molecular complexity index is 810. The van der Waals surface area contributed by atoms with Gasteiger partial charge in [-0.15, -0.1) is 0 Å². The molecule has 0 aliphatic carbocycles. The molecule has 0 atom stereocenters. The molecule has 27 heavy (non-hydrogen) atoms. The largest absolute Gasteiger partial charge is 0.335 e. The number of piperazine rings is 1. The fourth-order valence-electron chi connectivity index (χ4n) is 3.44. The van der Waals surface area contributed by atoms with Gasteiger partial charge in [0, 0.05) is 38.3 Å². The van der Waals surface area contributed by atoms with Crippen LogP contribution in [0.25, 0.3) is 0 Å². The van der Waals surface area contributed by atoms with Crippen LogP contribution in [0.5, 0.6) is 0 Å². The van der Waals surface area contributed by atoms with Crippen LogP contribution >= 0.6 is 0 Å². The van der Waals surface area contributed by atoms with Crippen LogP contribution in [0, 0.1) is 20.8 Å². The Hall–Kier alpha value is -2.63. The highest BCUT2D eigenvalue weighted by atomic mass is 16.2. The maximum atomic E-state index is 12.5. The van der Waals surface area contributed by atoms with E-state index >= 15 is 0 Å². The Labute approximate surface area is 160 Å². The summed E-state index contributed by atoms with van der Waals surface area (Å²) in [7, 11) is 0. The number of nitrogens with zero attached hydrogens (tertiary/aromatic N) is 4. The Morgan fingerprint density at radius 1 is 1.11 bits per heavy atom. The van der Waals surface area contributed by atoms with Crippen molar-refractivity contribution in [1.29, 1.82) is 0 Å². The molecule has 1 aromatic carbocycles. The van der Waals surface area contributed by atoms with Gasteiger partial charge in [0.05, 0.1) is 12.2 Å². The number of amides is 2. The number of aromatic nitrogens is 2. The maximum absolute atomic E-state index is 12.5. The summed E-state index contributed by atoms with van der Waals surface area (Å²) in [6.45, 7) is 8.76. The lowest BCUT2D eigenvalue weighted by Gasteiger charge is -2.34. The highest BCUT2D eigenvalue weighted by Gasteiger charge is 2.26. The average Bonchev–Trinajstić information content (AvgIpc) is 2.96. The molecule has 1 aromatic heterocycles. The Balaban J connectivity index is 1.45. The van der Waals surface area contributed by atoms with Gasteiger partial charge in [0.1, 0.15) is 0 Å². The van der Waals surface area contributed by atoms with Crippen molar-refractivity contribution in [2.24, 2.45) is 0 Å². The number of hydrogen-bond donors (Lipinski definition) is 0. The summed E-state index contributed by atoms with van der Waals surface area (Å²) in [5.41, 5.74) is 4.44. The number of aryl methyl sites for hydroxylation is 4. The Kier molecular flexibility index (Phi) is 5.94. The van der Waals surface area contributed by atoms with Gasteiger partial charge in [0.25, 0.3) is 0 Å². The third-order valence-corrected chi connectivity index (χ3v) is 5.03. The molecular weight excluding hydrogens is 340 g/mol. The van der Waals surface area contributed by atoms with Crippen LogP contribution in [0.3, 0.4) is 0 Å². The van der Waals surface area contributed by atoms with Gasteiger partial charge in [0.2, 0.25) is 11.8 Å². The molecule has 3 rings (SSSR count). The minimum Gasteiger partial charge on any atom is -0.335 e. The van der Waals surface area contributed by atoms with Gasteiger partial charge >= 0.3 is 0 Å². The van der Waals surface area contributed by atoms with E-state index in [1.165, 1.54) is 5.56 Å². The highest BCUT2D eigenvalue weighted by Crippen LogP contribution is 2.12. The highest BCUT2D eigenvalue weighted by molar-refractivity contribution is 5.86. The summed E-state index contributed by atoms with van der Waals surface area (Å²) >= 11 is 0. The first kappa shape index (κ1) is 19.1. The fraction of sp³-hybridized carbons (Fsp3) is 0.476. The monoisotopic (exact) mass is 368 g/mol. The SMILES string of the molecule is Cc1ccc(CN2CCN(C(=O)CCCn3nc(C)cc3C)CC2=O)cc1. The van der Waals surface area contributed by atoms with E-state index in [2.05, 4.69) is 29.4 Å². The molecule has 2 amide bonds. The number of carbonyl (C=O) groups excluding carboxylic acids is 2. The van der Waals surface area contributed by atoms with Gasteiger partial charge in [-0.1, -0.05) is 29.8 Å². The zero-order valence-electron chi connectivity index (χ0n) is 16.4. The van der Waals surface area contributed by atoms with Gasteiger partial charge in [-0.3, -0.25) is 14.3 Å². The molecule has 144 valence electrons. The van der Waals surface area contributed by atoms with Gasteiger partial charge in [0.15, 0.2) is 0 Å². The second-order valence-corrected chi connectivity index (χ2v) is 7.37. The van der Waals surface area contributed by atoms with Crippen LogP contribution in [-0.2, 0) is 22.7 Å². The van der Waals surface area contributed by atoms with Gasteiger partial charge in [-0.2, -0.15) is 5.10 Å². The molecule has 0 saturated carbocycles. The van der Waals surface area contributed by atoms with E-state index in [0.717, 1.165) is 29.9 Å². The molecule has 2 aromatic rings. The standard InChI is InChI=1S/C21H28N4O2/c1-16-6-8-19(9-7-16)14-23-11-12-24(15-21(23)27)20(26)5-4-10-25-18(3)13-17(2)22-25/h6-9,13H,4-5,10-12,14-15H2,1-3H3. The van der Waals surface area contributed by atoms with E-state index in [1.54, 1.807) is 4.90 Å². The molecule has 1 fully saturated rings. The van der Waals surface area contributed by atoms with Crippen molar-refractivity contribution in [3.05, 3.63) is 52.8 Å². The molecule has 1 aliphatic heterocycles. The van der Waals surface area contributed by atoms with Crippen molar-refractivity contribution >= 4 is 11.8 Å². The first-order valence-electron chi connectivity index (χ1n) is 9.54. The molecule has 1 aliphatic rings. The summed E-state index contributed by atoms with van der Waals surface area (Å²) < 4.78 is 1.94. The van der Waals surface area contributed by atoms with E-state index in [0.29, 0.717) is 26.1 Å². The molecule has 0 spiro atoms. The van der Waals surface area contributed by atoms with Crippen LogP contribution < -0.4 is 0 Å². The molecule has 6 nitrogen and oxygen atoms in total. The van der Waals surface area contributed by atoms with Crippen molar-refractivity contribution in [2.75, 3.05) is 19.6 Å². The Morgan fingerprint density at radius 2 is 1.85 bits per heavy atom. The predicted octanol–water partition coefficient (Wildman–Crippen LogP) is 2.46.